The Kier molecular flexibility index (Phi) is 10.9. The molecule has 0 saturated carbocycles. The first-order chi connectivity index (χ1) is 13.4. The minimum Gasteiger partial charge on any atom is -0.483 e. The van der Waals surface area contributed by atoms with E-state index in [1.54, 1.807) is 11.8 Å². The Morgan fingerprint density at radius 1 is 1.29 bits per heavy atom. The van der Waals surface area contributed by atoms with Crippen LogP contribution in [-0.2, 0) is 14.3 Å². The van der Waals surface area contributed by atoms with Gasteiger partial charge in [-0.25, -0.2) is 0 Å². The van der Waals surface area contributed by atoms with E-state index in [1.807, 2.05) is 24.3 Å². The number of amides is 1. The van der Waals surface area contributed by atoms with Gasteiger partial charge in [0.05, 0.1) is 0 Å². The summed E-state index contributed by atoms with van der Waals surface area (Å²) in [6.07, 6.45) is 3.06. The smallest absolute Gasteiger partial charge is 0.290 e. The van der Waals surface area contributed by atoms with Crippen molar-refractivity contribution in [1.29, 1.82) is 0 Å². The summed E-state index contributed by atoms with van der Waals surface area (Å²) in [6, 6.07) is 12.1. The molecule has 3 rings (SSSR count). The van der Waals surface area contributed by atoms with Gasteiger partial charge >= 0.3 is 0 Å². The number of thioether (sulfide) groups is 1. The second-order valence-electron chi connectivity index (χ2n) is 5.96. The molecule has 2 N–H and O–H groups in total. The average Bonchev–Trinajstić information content (AvgIpc) is 2.82. The molecule has 1 aliphatic heterocycles. The van der Waals surface area contributed by atoms with Gasteiger partial charge in [-0.15, -0.1) is 11.8 Å². The van der Waals surface area contributed by atoms with Crippen LogP contribution in [0.25, 0.3) is 0 Å². The molecule has 28 heavy (non-hydrogen) atoms. The molecule has 0 spiro atoms. The van der Waals surface area contributed by atoms with Crippen LogP contribution in [0.2, 0.25) is 0 Å². The maximum Gasteiger partial charge on any atom is 0.290 e. The standard InChI is InChI=1S/C17H16BrNO2S.C3H8.CH2O2/c1-10-12(4-3-5-15(10)22-2)17-13-8-11(18)6-7-14(13)19-16(20)9-21-17;1-3-2;2-1-3/h3-8,17H,9H2,1-2H3,(H,19,20);3H2,1-2H3;1H,(H,2,3)/t17-;;/m1../s1. The van der Waals surface area contributed by atoms with Crippen molar-refractivity contribution in [2.45, 2.75) is 38.2 Å². The zero-order valence-corrected chi connectivity index (χ0v) is 18.9. The second kappa shape index (κ2) is 12.6. The number of benzene rings is 2. The summed E-state index contributed by atoms with van der Waals surface area (Å²) < 4.78 is 6.89. The lowest BCUT2D eigenvalue weighted by atomic mass is 9.96. The molecule has 1 atom stereocenters. The van der Waals surface area contributed by atoms with Crippen LogP contribution in [0.4, 0.5) is 5.69 Å². The molecule has 1 amide bonds. The van der Waals surface area contributed by atoms with Crippen LogP contribution in [0.15, 0.2) is 45.8 Å². The van der Waals surface area contributed by atoms with E-state index in [0.29, 0.717) is 0 Å². The van der Waals surface area contributed by atoms with E-state index in [1.165, 1.54) is 16.9 Å². The second-order valence-corrected chi connectivity index (χ2v) is 7.72. The lowest BCUT2D eigenvalue weighted by Gasteiger charge is -2.21. The topological polar surface area (TPSA) is 75.6 Å². The largest absolute Gasteiger partial charge is 0.483 e. The minimum absolute atomic E-state index is 0.0555. The van der Waals surface area contributed by atoms with E-state index >= 15 is 0 Å². The zero-order valence-electron chi connectivity index (χ0n) is 16.5. The van der Waals surface area contributed by atoms with Gasteiger partial charge in [-0.1, -0.05) is 48.3 Å². The highest BCUT2D eigenvalue weighted by Gasteiger charge is 2.26. The van der Waals surface area contributed by atoms with Crippen LogP contribution in [0.5, 0.6) is 0 Å². The van der Waals surface area contributed by atoms with Gasteiger partial charge in [-0.2, -0.15) is 0 Å². The maximum absolute atomic E-state index is 11.9. The summed E-state index contributed by atoms with van der Waals surface area (Å²) >= 11 is 5.22. The molecule has 0 fully saturated rings. The summed E-state index contributed by atoms with van der Waals surface area (Å²) in [6.45, 7) is 6.15. The Hall–Kier alpha value is -1.83. The van der Waals surface area contributed by atoms with Crippen LogP contribution in [0.3, 0.4) is 0 Å². The highest BCUT2D eigenvalue weighted by atomic mass is 79.9. The average molecular weight is 468 g/mol. The summed E-state index contributed by atoms with van der Waals surface area (Å²) in [5.74, 6) is -0.121. The first-order valence-electron chi connectivity index (χ1n) is 8.85. The van der Waals surface area contributed by atoms with Crippen LogP contribution < -0.4 is 5.32 Å². The predicted octanol–water partition coefficient (Wildman–Crippen LogP) is 5.65. The van der Waals surface area contributed by atoms with Gasteiger partial charge < -0.3 is 15.2 Å². The maximum atomic E-state index is 11.9. The number of rotatable bonds is 2. The highest BCUT2D eigenvalue weighted by Crippen LogP contribution is 2.38. The van der Waals surface area contributed by atoms with Crippen molar-refractivity contribution in [3.8, 4) is 0 Å². The number of carbonyl (C=O) groups is 2. The summed E-state index contributed by atoms with van der Waals surface area (Å²) in [5.41, 5.74) is 4.08. The number of hydrogen-bond donors (Lipinski definition) is 2. The highest BCUT2D eigenvalue weighted by molar-refractivity contribution is 9.10. The minimum atomic E-state index is -0.251. The van der Waals surface area contributed by atoms with Gasteiger partial charge in [-0.05, 0) is 48.6 Å². The number of ether oxygens (including phenoxy) is 1. The Morgan fingerprint density at radius 2 is 1.93 bits per heavy atom. The first-order valence-corrected chi connectivity index (χ1v) is 10.9. The molecule has 0 aliphatic carbocycles. The molecule has 0 unspecified atom stereocenters. The van der Waals surface area contributed by atoms with Gasteiger partial charge in [0, 0.05) is 20.6 Å². The SMILES string of the molecule is CCC.CSc1cccc([C@H]2OCC(=O)Nc3ccc(Br)cc32)c1C.O=CO. The van der Waals surface area contributed by atoms with E-state index in [0.717, 1.165) is 21.3 Å². The fraction of sp³-hybridized carbons (Fsp3) is 0.333. The van der Waals surface area contributed by atoms with Crippen LogP contribution in [0, 0.1) is 6.92 Å². The molecule has 7 heteroatoms. The first kappa shape index (κ1) is 24.2. The fourth-order valence-electron chi connectivity index (χ4n) is 2.69. The van der Waals surface area contributed by atoms with Crippen molar-refractivity contribution in [3.05, 3.63) is 57.6 Å². The zero-order chi connectivity index (χ0) is 21.1. The van der Waals surface area contributed by atoms with E-state index < -0.39 is 0 Å². The van der Waals surface area contributed by atoms with Crippen LogP contribution in [0.1, 0.15) is 43.1 Å². The Balaban J connectivity index is 0.000000582. The van der Waals surface area contributed by atoms with Gasteiger partial charge in [0.15, 0.2) is 0 Å². The Labute approximate surface area is 179 Å². The van der Waals surface area contributed by atoms with Crippen molar-refractivity contribution in [2.75, 3.05) is 18.2 Å². The van der Waals surface area contributed by atoms with Crippen molar-refractivity contribution in [3.63, 3.8) is 0 Å². The van der Waals surface area contributed by atoms with Crippen molar-refractivity contribution in [1.82, 2.24) is 0 Å². The van der Waals surface area contributed by atoms with Gasteiger partial charge in [0.1, 0.15) is 12.7 Å². The monoisotopic (exact) mass is 467 g/mol. The fourth-order valence-corrected chi connectivity index (χ4v) is 3.71. The third kappa shape index (κ3) is 6.65. The molecule has 152 valence electrons. The number of carboxylic acid groups (broad SMARTS) is 1. The summed E-state index contributed by atoms with van der Waals surface area (Å²) in [7, 11) is 0. The number of carbonyl (C=O) groups excluding carboxylic acids is 1. The quantitative estimate of drug-likeness (QED) is 0.440. The number of nitrogens with one attached hydrogen (secondary N) is 1. The van der Waals surface area contributed by atoms with E-state index in [4.69, 9.17) is 14.6 Å². The molecule has 0 aromatic heterocycles. The molecule has 2 aromatic carbocycles. The lowest BCUT2D eigenvalue weighted by molar-refractivity contribution is -0.123. The predicted molar refractivity (Wildman–Crippen MR) is 118 cm³/mol. The van der Waals surface area contributed by atoms with E-state index in [9.17, 15) is 4.79 Å². The molecule has 1 aliphatic rings. The number of halogens is 1. The van der Waals surface area contributed by atoms with Gasteiger partial charge in [0.25, 0.3) is 6.47 Å². The molecule has 5 nitrogen and oxygen atoms in total. The molecule has 0 bridgehead atoms. The third-order valence-electron chi connectivity index (χ3n) is 3.78. The number of hydrogen-bond acceptors (Lipinski definition) is 4. The Morgan fingerprint density at radius 3 is 2.54 bits per heavy atom. The molecular formula is C21H26BrNO4S. The van der Waals surface area contributed by atoms with Crippen molar-refractivity contribution >= 4 is 45.8 Å². The van der Waals surface area contributed by atoms with Crippen LogP contribution >= 0.6 is 27.7 Å². The molecule has 0 saturated heterocycles. The Bertz CT molecular complexity index is 798. The molecular weight excluding hydrogens is 442 g/mol. The van der Waals surface area contributed by atoms with Crippen LogP contribution in [-0.4, -0.2) is 30.3 Å². The molecule has 0 radical (unpaired) electrons. The molecule has 1 heterocycles. The normalized spacial score (nSPS) is 14.9. The van der Waals surface area contributed by atoms with E-state index in [2.05, 4.69) is 60.4 Å². The summed E-state index contributed by atoms with van der Waals surface area (Å²) in [5, 5.41) is 9.80. The third-order valence-corrected chi connectivity index (χ3v) is 5.15. The van der Waals surface area contributed by atoms with Gasteiger partial charge in [0.2, 0.25) is 5.91 Å². The van der Waals surface area contributed by atoms with Crippen molar-refractivity contribution < 1.29 is 19.4 Å². The number of fused-ring (bicyclic) bond motifs is 1. The van der Waals surface area contributed by atoms with Crippen molar-refractivity contribution in [2.24, 2.45) is 0 Å². The summed E-state index contributed by atoms with van der Waals surface area (Å²) in [4.78, 5) is 21.4. The lowest BCUT2D eigenvalue weighted by Crippen LogP contribution is -2.15. The molecule has 2 aromatic rings. The number of anilines is 1. The van der Waals surface area contributed by atoms with Gasteiger partial charge in [-0.3, -0.25) is 9.59 Å². The van der Waals surface area contributed by atoms with E-state index in [-0.39, 0.29) is 25.1 Å².